The number of amides is 2. The topological polar surface area (TPSA) is 53.5 Å². The van der Waals surface area contributed by atoms with E-state index in [4.69, 9.17) is 0 Å². The predicted molar refractivity (Wildman–Crippen MR) is 99.4 cm³/mol. The summed E-state index contributed by atoms with van der Waals surface area (Å²) in [5, 5.41) is 0. The maximum absolute atomic E-state index is 13.0. The normalized spacial score (nSPS) is 26.4. The number of nitrogens with zero attached hydrogens (tertiary/aromatic N) is 3. The predicted octanol–water partition coefficient (Wildman–Crippen LogP) is 2.75. The van der Waals surface area contributed by atoms with E-state index in [-0.39, 0.29) is 11.8 Å². The molecule has 138 valence electrons. The van der Waals surface area contributed by atoms with Crippen LogP contribution in [0.5, 0.6) is 0 Å². The zero-order chi connectivity index (χ0) is 18.1. The van der Waals surface area contributed by atoms with Crippen molar-refractivity contribution in [2.45, 2.75) is 32.6 Å². The van der Waals surface area contributed by atoms with Crippen molar-refractivity contribution in [2.24, 2.45) is 17.8 Å². The first-order chi connectivity index (χ1) is 12.6. The molecule has 0 N–H and O–H groups in total. The number of likely N-dealkylation sites (tertiary alicyclic amines) is 2. The standard InChI is InChI=1S/C21H27N3O2/c1-15-2-3-18-13-24(14-19(18)12-15)21(26)17-6-10-23(11-7-17)20(25)16-4-8-22-9-5-16/h2,4-5,8-9,17-19H,3,6-7,10-14H2,1H3/t18-,19+/m0/s1. The fourth-order valence-electron chi connectivity index (χ4n) is 4.73. The van der Waals surface area contributed by atoms with Gasteiger partial charge in [-0.3, -0.25) is 14.6 Å². The van der Waals surface area contributed by atoms with Gasteiger partial charge in [0.15, 0.2) is 0 Å². The Labute approximate surface area is 155 Å². The van der Waals surface area contributed by atoms with Gasteiger partial charge in [0.25, 0.3) is 5.91 Å². The van der Waals surface area contributed by atoms with Crippen LogP contribution in [0.15, 0.2) is 36.2 Å². The highest BCUT2D eigenvalue weighted by Gasteiger charge is 2.39. The zero-order valence-corrected chi connectivity index (χ0v) is 15.4. The van der Waals surface area contributed by atoms with Crippen LogP contribution in [0.4, 0.5) is 0 Å². The van der Waals surface area contributed by atoms with E-state index in [1.165, 1.54) is 5.57 Å². The van der Waals surface area contributed by atoms with Gasteiger partial charge in [0.2, 0.25) is 5.91 Å². The summed E-state index contributed by atoms with van der Waals surface area (Å²) in [6.07, 6.45) is 9.46. The van der Waals surface area contributed by atoms with Crippen molar-refractivity contribution in [3.05, 3.63) is 41.7 Å². The van der Waals surface area contributed by atoms with E-state index in [1.807, 2.05) is 4.90 Å². The molecule has 0 saturated carbocycles. The number of pyridine rings is 1. The molecule has 1 aliphatic carbocycles. The number of hydrogen-bond acceptors (Lipinski definition) is 3. The lowest BCUT2D eigenvalue weighted by Gasteiger charge is -2.33. The van der Waals surface area contributed by atoms with Gasteiger partial charge < -0.3 is 9.80 Å². The van der Waals surface area contributed by atoms with Crippen LogP contribution in [-0.4, -0.2) is 52.8 Å². The van der Waals surface area contributed by atoms with Gasteiger partial charge in [-0.1, -0.05) is 11.6 Å². The van der Waals surface area contributed by atoms with Crippen molar-refractivity contribution in [1.29, 1.82) is 0 Å². The highest BCUT2D eigenvalue weighted by molar-refractivity contribution is 5.94. The van der Waals surface area contributed by atoms with Crippen LogP contribution in [0.3, 0.4) is 0 Å². The lowest BCUT2D eigenvalue weighted by molar-refractivity contribution is -0.136. The molecule has 2 atom stereocenters. The second kappa shape index (κ2) is 7.22. The number of aromatic nitrogens is 1. The minimum Gasteiger partial charge on any atom is -0.342 e. The Bertz CT molecular complexity index is 707. The molecule has 2 saturated heterocycles. The van der Waals surface area contributed by atoms with Gasteiger partial charge >= 0.3 is 0 Å². The largest absolute Gasteiger partial charge is 0.342 e. The van der Waals surface area contributed by atoms with Crippen molar-refractivity contribution < 1.29 is 9.59 Å². The first kappa shape index (κ1) is 17.3. The molecule has 5 nitrogen and oxygen atoms in total. The van der Waals surface area contributed by atoms with Gasteiger partial charge in [-0.05, 0) is 56.6 Å². The third-order valence-electron chi connectivity index (χ3n) is 6.30. The molecule has 0 radical (unpaired) electrons. The molecule has 1 aromatic heterocycles. The quantitative estimate of drug-likeness (QED) is 0.768. The van der Waals surface area contributed by atoms with Crippen LogP contribution in [0, 0.1) is 17.8 Å². The Morgan fingerprint density at radius 1 is 1.04 bits per heavy atom. The van der Waals surface area contributed by atoms with Crippen LogP contribution in [0.2, 0.25) is 0 Å². The Morgan fingerprint density at radius 2 is 1.73 bits per heavy atom. The minimum atomic E-state index is 0.0482. The second-order valence-corrected chi connectivity index (χ2v) is 8.06. The Kier molecular flexibility index (Phi) is 4.79. The summed E-state index contributed by atoms with van der Waals surface area (Å²) in [5.74, 6) is 1.74. The Hall–Kier alpha value is -2.17. The SMILES string of the molecule is CC1=CC[C@H]2CN(C(=O)C3CCN(C(=O)c4ccncc4)CC3)C[C@H]2C1. The lowest BCUT2D eigenvalue weighted by Crippen LogP contribution is -2.44. The van der Waals surface area contributed by atoms with Crippen molar-refractivity contribution in [2.75, 3.05) is 26.2 Å². The Balaban J connectivity index is 1.31. The highest BCUT2D eigenvalue weighted by atomic mass is 16.2. The number of carbonyl (C=O) groups is 2. The van der Waals surface area contributed by atoms with E-state index in [0.29, 0.717) is 36.4 Å². The van der Waals surface area contributed by atoms with Crippen molar-refractivity contribution in [3.8, 4) is 0 Å². The molecule has 0 unspecified atom stereocenters. The highest BCUT2D eigenvalue weighted by Crippen LogP contribution is 2.36. The van der Waals surface area contributed by atoms with E-state index < -0.39 is 0 Å². The molecular weight excluding hydrogens is 326 g/mol. The van der Waals surface area contributed by atoms with Gasteiger partial charge in [0, 0.05) is 50.1 Å². The lowest BCUT2D eigenvalue weighted by atomic mass is 9.83. The van der Waals surface area contributed by atoms with E-state index in [0.717, 1.165) is 38.8 Å². The molecule has 4 rings (SSSR count). The van der Waals surface area contributed by atoms with E-state index in [9.17, 15) is 9.59 Å². The number of piperidine rings is 1. The molecule has 3 aliphatic rings. The molecule has 26 heavy (non-hydrogen) atoms. The van der Waals surface area contributed by atoms with E-state index in [1.54, 1.807) is 24.5 Å². The molecular formula is C21H27N3O2. The second-order valence-electron chi connectivity index (χ2n) is 8.06. The summed E-state index contributed by atoms with van der Waals surface area (Å²) < 4.78 is 0. The maximum atomic E-state index is 13.0. The van der Waals surface area contributed by atoms with Gasteiger partial charge in [-0.2, -0.15) is 0 Å². The molecule has 2 fully saturated rings. The van der Waals surface area contributed by atoms with Gasteiger partial charge in [0.05, 0.1) is 0 Å². The summed E-state index contributed by atoms with van der Waals surface area (Å²) in [5.41, 5.74) is 2.15. The van der Waals surface area contributed by atoms with Crippen molar-refractivity contribution in [1.82, 2.24) is 14.8 Å². The summed E-state index contributed by atoms with van der Waals surface area (Å²) >= 11 is 0. The minimum absolute atomic E-state index is 0.0482. The third-order valence-corrected chi connectivity index (χ3v) is 6.30. The number of carbonyl (C=O) groups excluding carboxylic acids is 2. The summed E-state index contributed by atoms with van der Waals surface area (Å²) in [6, 6.07) is 3.50. The first-order valence-electron chi connectivity index (χ1n) is 9.75. The maximum Gasteiger partial charge on any atom is 0.253 e. The molecule has 0 bridgehead atoms. The first-order valence-corrected chi connectivity index (χ1v) is 9.75. The number of fused-ring (bicyclic) bond motifs is 1. The molecule has 5 heteroatoms. The van der Waals surface area contributed by atoms with Crippen LogP contribution in [0.1, 0.15) is 43.0 Å². The van der Waals surface area contributed by atoms with Crippen LogP contribution < -0.4 is 0 Å². The average Bonchev–Trinajstić information content (AvgIpc) is 3.11. The van der Waals surface area contributed by atoms with Gasteiger partial charge in [0.1, 0.15) is 0 Å². The average molecular weight is 353 g/mol. The molecule has 0 aromatic carbocycles. The molecule has 0 spiro atoms. The number of allylic oxidation sites excluding steroid dienone is 2. The van der Waals surface area contributed by atoms with E-state index in [2.05, 4.69) is 22.9 Å². The van der Waals surface area contributed by atoms with Crippen LogP contribution in [0.25, 0.3) is 0 Å². The van der Waals surface area contributed by atoms with Crippen molar-refractivity contribution in [3.63, 3.8) is 0 Å². The number of rotatable bonds is 2. The monoisotopic (exact) mass is 353 g/mol. The summed E-state index contributed by atoms with van der Waals surface area (Å²) in [6.45, 7) is 5.38. The smallest absolute Gasteiger partial charge is 0.253 e. The van der Waals surface area contributed by atoms with Gasteiger partial charge in [-0.15, -0.1) is 0 Å². The van der Waals surface area contributed by atoms with Crippen molar-refractivity contribution >= 4 is 11.8 Å². The number of hydrogen-bond donors (Lipinski definition) is 0. The van der Waals surface area contributed by atoms with E-state index >= 15 is 0 Å². The fourth-order valence-corrected chi connectivity index (χ4v) is 4.73. The summed E-state index contributed by atoms with van der Waals surface area (Å²) in [4.78, 5) is 33.4. The zero-order valence-electron chi connectivity index (χ0n) is 15.4. The molecule has 2 amide bonds. The Morgan fingerprint density at radius 3 is 2.46 bits per heavy atom. The van der Waals surface area contributed by atoms with Crippen LogP contribution in [-0.2, 0) is 4.79 Å². The molecule has 3 heterocycles. The molecule has 1 aromatic rings. The fraction of sp³-hybridized carbons (Fsp3) is 0.571. The van der Waals surface area contributed by atoms with Crippen LogP contribution >= 0.6 is 0 Å². The van der Waals surface area contributed by atoms with Gasteiger partial charge in [-0.25, -0.2) is 0 Å². The third kappa shape index (κ3) is 3.39. The summed E-state index contributed by atoms with van der Waals surface area (Å²) in [7, 11) is 0. The molecule has 2 aliphatic heterocycles.